The predicted molar refractivity (Wildman–Crippen MR) is 69.6 cm³/mol. The Morgan fingerprint density at radius 1 is 0.889 bits per heavy atom. The Hall–Kier alpha value is 0.0700. The average Bonchev–Trinajstić information content (AvgIpc) is 2.15. The molecule has 0 aromatic heterocycles. The summed E-state index contributed by atoms with van der Waals surface area (Å²) in [5, 5.41) is 16.3. The van der Waals surface area contributed by atoms with E-state index >= 15 is 0 Å². The number of aliphatic carboxylic acids is 2. The maximum absolute atomic E-state index is 10.5. The molecule has 0 aliphatic carbocycles. The zero-order valence-electron chi connectivity index (χ0n) is 8.60. The monoisotopic (exact) mass is 601 g/mol. The van der Waals surface area contributed by atoms with E-state index in [0.717, 1.165) is 0 Å². The first kappa shape index (κ1) is 20.4. The molecule has 0 saturated heterocycles. The van der Waals surface area contributed by atoms with E-state index in [0.29, 0.717) is 13.3 Å². The number of carbonyl (C=O) groups is 4. The van der Waals surface area contributed by atoms with Gasteiger partial charge in [-0.1, -0.05) is 0 Å². The summed E-state index contributed by atoms with van der Waals surface area (Å²) in [6.07, 6.45) is -1.70. The third-order valence-electron chi connectivity index (χ3n) is 1.03. The van der Waals surface area contributed by atoms with E-state index in [4.69, 9.17) is 10.2 Å². The van der Waals surface area contributed by atoms with Crippen LogP contribution in [0.4, 0.5) is 0 Å². The first-order chi connectivity index (χ1) is 8.33. The smallest absolute Gasteiger partial charge is 0.320 e. The number of carboxylic acids is 2. The molecule has 0 heterocycles. The molecule has 0 fully saturated rings. The molecule has 0 bridgehead atoms. The molecule has 0 aliphatic heterocycles. The van der Waals surface area contributed by atoms with Gasteiger partial charge in [0, 0.05) is 0 Å². The van der Waals surface area contributed by atoms with Crippen molar-refractivity contribution in [2.24, 2.45) is 0 Å². The van der Waals surface area contributed by atoms with Gasteiger partial charge in [-0.25, -0.2) is 0 Å². The second-order valence-corrected chi connectivity index (χ2v) is 18.6. The van der Waals surface area contributed by atoms with Crippen LogP contribution in [0.5, 0.6) is 0 Å². The summed E-state index contributed by atoms with van der Waals surface area (Å²) in [6, 6.07) is 0. The normalized spacial score (nSPS) is 8.78. The largest absolute Gasteiger partial charge is 0.481 e. The van der Waals surface area contributed by atoms with Gasteiger partial charge in [0.25, 0.3) is 0 Å². The minimum absolute atomic E-state index is 0.530. The average molecular weight is 601 g/mol. The molecular weight excluding hydrogens is 593 g/mol. The number of halogens is 3. The topological polar surface area (TPSA) is 127 Å². The molecule has 18 heavy (non-hydrogen) atoms. The van der Waals surface area contributed by atoms with E-state index in [2.05, 4.69) is 46.7 Å². The van der Waals surface area contributed by atoms with E-state index in [-0.39, 0.29) is 0 Å². The molecule has 0 aliphatic rings. The third-order valence-corrected chi connectivity index (χ3v) is 1.03. The number of hydrogen-bond donors (Lipinski definition) is 2. The predicted octanol–water partition coefficient (Wildman–Crippen LogP) is -2.24. The quantitative estimate of drug-likeness (QED) is 0.152. The first-order valence-corrected chi connectivity index (χ1v) is 16.5. The molecule has 2 N–H and O–H groups in total. The summed E-state index contributed by atoms with van der Waals surface area (Å²) in [5.74, 6) is -4.91. The fourth-order valence-corrected chi connectivity index (χ4v) is 0.510. The van der Waals surface area contributed by atoms with Crippen LogP contribution in [0.25, 0.3) is 0 Å². The molecule has 0 spiro atoms. The van der Waals surface area contributed by atoms with Crippen molar-refractivity contribution in [2.45, 2.75) is 12.8 Å². The van der Waals surface area contributed by atoms with Gasteiger partial charge in [-0.2, -0.15) is 0 Å². The standard InChI is InChI=1S/C7H8O8.I3/c8-4(9)1-6(12)14-3-15-7(13)2-5(10)11;1-3-2/h1-3H2,(H,8,9)(H,10,11);/q;-1. The van der Waals surface area contributed by atoms with Crippen molar-refractivity contribution in [3.05, 3.63) is 0 Å². The van der Waals surface area contributed by atoms with Crippen molar-refractivity contribution in [2.75, 3.05) is 6.79 Å². The maximum atomic E-state index is 10.5. The first-order valence-electron chi connectivity index (χ1n) is 3.95. The second-order valence-electron chi connectivity index (χ2n) is 2.35. The Morgan fingerprint density at radius 3 is 1.39 bits per heavy atom. The van der Waals surface area contributed by atoms with Gasteiger partial charge in [0.2, 0.25) is 6.79 Å². The van der Waals surface area contributed by atoms with Crippen LogP contribution in [0.3, 0.4) is 0 Å². The summed E-state index contributed by atoms with van der Waals surface area (Å²) in [5.41, 5.74) is 0. The van der Waals surface area contributed by atoms with E-state index in [1.54, 1.807) is 0 Å². The molecule has 0 atom stereocenters. The van der Waals surface area contributed by atoms with Crippen LogP contribution in [0, 0.1) is 0 Å². The zero-order valence-corrected chi connectivity index (χ0v) is 15.1. The van der Waals surface area contributed by atoms with Crippen molar-refractivity contribution in [1.82, 2.24) is 0 Å². The van der Waals surface area contributed by atoms with Crippen LogP contribution in [0.2, 0.25) is 0 Å². The van der Waals surface area contributed by atoms with Crippen molar-refractivity contribution in [3.8, 4) is 0 Å². The molecule has 0 unspecified atom stereocenters. The van der Waals surface area contributed by atoms with E-state index in [1.165, 1.54) is 0 Å². The number of carbonyl (C=O) groups excluding carboxylic acids is 2. The van der Waals surface area contributed by atoms with Gasteiger partial charge in [0.15, 0.2) is 0 Å². The number of carboxylic acid groups (broad SMARTS) is 2. The molecular formula is C7H8I3O8-. The molecule has 0 aromatic carbocycles. The van der Waals surface area contributed by atoms with Crippen molar-refractivity contribution in [3.63, 3.8) is 0 Å². The molecule has 11 heteroatoms. The van der Waals surface area contributed by atoms with Crippen LogP contribution in [0.15, 0.2) is 0 Å². The number of ether oxygens (including phenoxy) is 2. The van der Waals surface area contributed by atoms with Crippen molar-refractivity contribution >= 4 is 61.1 Å². The Balaban J connectivity index is 0. The summed E-state index contributed by atoms with van der Waals surface area (Å²) < 4.78 is 8.30. The Morgan fingerprint density at radius 2 is 1.17 bits per heavy atom. The van der Waals surface area contributed by atoms with E-state index < -0.39 is 43.5 Å². The molecule has 0 rings (SSSR count). The van der Waals surface area contributed by atoms with Gasteiger partial charge in [-0.05, 0) is 0 Å². The van der Waals surface area contributed by atoms with Gasteiger partial charge in [-0.15, -0.1) is 0 Å². The fourth-order valence-electron chi connectivity index (χ4n) is 0.510. The molecule has 0 amide bonds. The minimum atomic E-state index is -1.38. The van der Waals surface area contributed by atoms with E-state index in [1.807, 2.05) is 0 Å². The van der Waals surface area contributed by atoms with Crippen LogP contribution < -0.4 is 13.3 Å². The third kappa shape index (κ3) is 18.4. The van der Waals surface area contributed by atoms with E-state index in [9.17, 15) is 19.2 Å². The molecule has 106 valence electrons. The van der Waals surface area contributed by atoms with Crippen molar-refractivity contribution < 1.29 is 52.1 Å². The summed E-state index contributed by atoms with van der Waals surface area (Å²) in [4.78, 5) is 41.0. The van der Waals surface area contributed by atoms with Crippen LogP contribution >= 0.6 is 37.2 Å². The van der Waals surface area contributed by atoms with Gasteiger partial charge >= 0.3 is 74.4 Å². The number of hydrogen-bond acceptors (Lipinski definition) is 6. The van der Waals surface area contributed by atoms with Gasteiger partial charge in [0.05, 0.1) is 0 Å². The van der Waals surface area contributed by atoms with Crippen LogP contribution in [0.1, 0.15) is 12.8 Å². The van der Waals surface area contributed by atoms with Crippen LogP contribution in [-0.4, -0.2) is 40.9 Å². The SMILES string of the molecule is I[I-]I.O=C(O)CC(=O)OCOC(=O)CC(=O)O. The number of rotatable bonds is 6. The number of esters is 2. The molecule has 0 radical (unpaired) electrons. The molecule has 8 nitrogen and oxygen atoms in total. The Labute approximate surface area is 131 Å². The Kier molecular flexibility index (Phi) is 15.3. The fraction of sp³-hybridized carbons (Fsp3) is 0.429. The minimum Gasteiger partial charge on any atom is -0.481 e. The maximum Gasteiger partial charge on any atom is 0.320 e. The summed E-state index contributed by atoms with van der Waals surface area (Å²) in [6.45, 7) is -0.793. The second kappa shape index (κ2) is 13.5. The molecule has 0 saturated carbocycles. The van der Waals surface area contributed by atoms with Gasteiger partial charge < -0.3 is 19.7 Å². The summed E-state index contributed by atoms with van der Waals surface area (Å²) >= 11 is 5.30. The zero-order chi connectivity index (χ0) is 14.6. The Bertz CT molecular complexity index is 277. The molecule has 0 aromatic rings. The van der Waals surface area contributed by atoms with Gasteiger partial charge in [0.1, 0.15) is 12.8 Å². The van der Waals surface area contributed by atoms with Crippen molar-refractivity contribution in [1.29, 1.82) is 0 Å². The van der Waals surface area contributed by atoms with Gasteiger partial charge in [-0.3, -0.25) is 19.2 Å². The summed E-state index contributed by atoms with van der Waals surface area (Å²) in [7, 11) is 0. The van der Waals surface area contributed by atoms with Crippen LogP contribution in [-0.2, 0) is 28.7 Å².